The van der Waals surface area contributed by atoms with E-state index in [0.717, 1.165) is 16.3 Å². The van der Waals surface area contributed by atoms with Gasteiger partial charge >= 0.3 is 0 Å². The number of rotatable bonds is 4. The van der Waals surface area contributed by atoms with Gasteiger partial charge in [-0.1, -0.05) is 47.5 Å². The zero-order valence-electron chi connectivity index (χ0n) is 18.3. The maximum Gasteiger partial charge on any atom is 0.258 e. The number of ether oxygens (including phenoxy) is 1. The molecule has 0 aliphatic carbocycles. The fraction of sp³-hybridized carbons (Fsp3) is 0.0385. The number of nitrogens with zero attached hydrogens (tertiary/aromatic N) is 1. The van der Waals surface area contributed by atoms with Crippen LogP contribution < -0.4 is 15.4 Å². The van der Waals surface area contributed by atoms with Gasteiger partial charge in [0.25, 0.3) is 5.91 Å². The van der Waals surface area contributed by atoms with E-state index in [9.17, 15) is 4.79 Å². The van der Waals surface area contributed by atoms with Crippen LogP contribution in [0, 0.1) is 0 Å². The third-order valence-electron chi connectivity index (χ3n) is 5.38. The Kier molecular flexibility index (Phi) is 6.30. The van der Waals surface area contributed by atoms with Gasteiger partial charge in [-0.3, -0.25) is 10.1 Å². The van der Waals surface area contributed by atoms with Gasteiger partial charge in [0, 0.05) is 27.2 Å². The first-order valence-corrected chi connectivity index (χ1v) is 11.6. The van der Waals surface area contributed by atoms with Gasteiger partial charge in [-0.2, -0.15) is 0 Å². The van der Waals surface area contributed by atoms with Crippen LogP contribution in [0.5, 0.6) is 5.75 Å². The number of hydrogen-bond donors (Lipinski definition) is 2. The molecule has 0 saturated heterocycles. The summed E-state index contributed by atoms with van der Waals surface area (Å²) in [4.78, 5) is 17.4. The van der Waals surface area contributed by atoms with E-state index in [1.54, 1.807) is 61.7 Å². The number of carbonyl (C=O) groups excluding carboxylic acids is 1. The molecule has 35 heavy (non-hydrogen) atoms. The van der Waals surface area contributed by atoms with Crippen molar-refractivity contribution in [2.24, 2.45) is 0 Å². The van der Waals surface area contributed by atoms with E-state index in [1.807, 2.05) is 18.2 Å². The first-order chi connectivity index (χ1) is 16.9. The molecule has 1 aromatic heterocycles. The summed E-state index contributed by atoms with van der Waals surface area (Å²) in [7, 11) is 1.55. The number of oxazole rings is 1. The first-order valence-electron chi connectivity index (χ1n) is 10.5. The van der Waals surface area contributed by atoms with Crippen LogP contribution in [0.3, 0.4) is 0 Å². The number of halogens is 2. The largest absolute Gasteiger partial charge is 0.495 e. The average Bonchev–Trinajstić information content (AvgIpc) is 3.27. The van der Waals surface area contributed by atoms with Crippen molar-refractivity contribution in [1.82, 2.24) is 10.3 Å². The fourth-order valence-corrected chi connectivity index (χ4v) is 4.44. The number of thiocarbonyl (C=S) groups is 1. The van der Waals surface area contributed by atoms with Gasteiger partial charge in [0.1, 0.15) is 11.3 Å². The number of hydrogen-bond acceptors (Lipinski definition) is 5. The van der Waals surface area contributed by atoms with Crippen LogP contribution in [0.4, 0.5) is 5.69 Å². The highest BCUT2D eigenvalue weighted by Crippen LogP contribution is 2.32. The van der Waals surface area contributed by atoms with Crippen molar-refractivity contribution in [3.05, 3.63) is 88.4 Å². The summed E-state index contributed by atoms with van der Waals surface area (Å²) in [5.74, 6) is 0.656. The zero-order valence-corrected chi connectivity index (χ0v) is 20.6. The molecule has 2 N–H and O–H groups in total. The maximum absolute atomic E-state index is 12.9. The quantitative estimate of drug-likeness (QED) is 0.246. The lowest BCUT2D eigenvalue weighted by Crippen LogP contribution is -2.34. The van der Waals surface area contributed by atoms with Crippen LogP contribution in [0.1, 0.15) is 10.4 Å². The Morgan fingerprint density at radius 3 is 2.57 bits per heavy atom. The van der Waals surface area contributed by atoms with Crippen LogP contribution in [0.2, 0.25) is 10.0 Å². The van der Waals surface area contributed by atoms with E-state index in [2.05, 4.69) is 15.6 Å². The summed E-state index contributed by atoms with van der Waals surface area (Å²) < 4.78 is 11.1. The summed E-state index contributed by atoms with van der Waals surface area (Å²) in [6.07, 6.45) is 0. The van der Waals surface area contributed by atoms with E-state index in [1.165, 1.54) is 0 Å². The second kappa shape index (κ2) is 9.54. The van der Waals surface area contributed by atoms with Crippen LogP contribution >= 0.6 is 35.4 Å². The highest BCUT2D eigenvalue weighted by Gasteiger charge is 2.14. The van der Waals surface area contributed by atoms with Crippen LogP contribution in [0.25, 0.3) is 33.3 Å². The van der Waals surface area contributed by atoms with Crippen molar-refractivity contribution >= 4 is 74.0 Å². The van der Waals surface area contributed by atoms with Crippen LogP contribution in [0.15, 0.2) is 77.2 Å². The van der Waals surface area contributed by atoms with Crippen LogP contribution in [-0.4, -0.2) is 23.1 Å². The molecule has 1 amide bonds. The number of methoxy groups -OCH3 is 1. The van der Waals surface area contributed by atoms with Crippen LogP contribution in [-0.2, 0) is 0 Å². The number of nitrogens with one attached hydrogen (secondary N) is 2. The van der Waals surface area contributed by atoms with Crippen molar-refractivity contribution < 1.29 is 13.9 Å². The minimum Gasteiger partial charge on any atom is -0.495 e. The zero-order chi connectivity index (χ0) is 24.5. The average molecular weight is 522 g/mol. The molecule has 1 heterocycles. The first kappa shape index (κ1) is 23.1. The van der Waals surface area contributed by atoms with E-state index >= 15 is 0 Å². The summed E-state index contributed by atoms with van der Waals surface area (Å²) in [6.45, 7) is 0. The van der Waals surface area contributed by atoms with Crippen molar-refractivity contribution in [3.8, 4) is 17.2 Å². The Balaban J connectivity index is 1.33. The van der Waals surface area contributed by atoms with Crippen molar-refractivity contribution in [2.45, 2.75) is 0 Å². The third kappa shape index (κ3) is 4.66. The number of carbonyl (C=O) groups is 1. The molecule has 0 bridgehead atoms. The summed E-state index contributed by atoms with van der Waals surface area (Å²) >= 11 is 17.9. The molecule has 0 saturated carbocycles. The molecule has 0 aliphatic heterocycles. The molecule has 4 aromatic carbocycles. The minimum absolute atomic E-state index is 0.152. The lowest BCUT2D eigenvalue weighted by Gasteiger charge is -2.11. The topological polar surface area (TPSA) is 76.4 Å². The van der Waals surface area contributed by atoms with Gasteiger partial charge < -0.3 is 14.5 Å². The molecule has 174 valence electrons. The highest BCUT2D eigenvalue weighted by atomic mass is 35.5. The third-order valence-corrected chi connectivity index (χ3v) is 6.21. The molecule has 0 atom stereocenters. The van der Waals surface area contributed by atoms with Gasteiger partial charge in [-0.25, -0.2) is 4.98 Å². The fourth-order valence-electron chi connectivity index (χ4n) is 3.73. The predicted octanol–water partition coefficient (Wildman–Crippen LogP) is 7.09. The van der Waals surface area contributed by atoms with Gasteiger partial charge in [0.15, 0.2) is 10.7 Å². The normalized spacial score (nSPS) is 10.9. The number of fused-ring (bicyclic) bond motifs is 2. The van der Waals surface area contributed by atoms with Crippen molar-refractivity contribution in [3.63, 3.8) is 0 Å². The smallest absolute Gasteiger partial charge is 0.258 e. The Morgan fingerprint density at radius 1 is 0.971 bits per heavy atom. The molecule has 0 fully saturated rings. The molecule has 9 heteroatoms. The molecule has 6 nitrogen and oxygen atoms in total. The number of amides is 1. The van der Waals surface area contributed by atoms with Gasteiger partial charge in [-0.05, 0) is 66.1 Å². The monoisotopic (exact) mass is 521 g/mol. The Labute approximate surface area is 215 Å². The van der Waals surface area contributed by atoms with E-state index in [-0.39, 0.29) is 11.0 Å². The SMILES string of the molecule is COc1ccc(-c2nc3cc(NC(=S)NC(=O)c4cccc5c(Cl)cccc45)ccc3o2)cc1Cl. The number of anilines is 1. The molecular weight excluding hydrogens is 505 g/mol. The van der Waals surface area contributed by atoms with E-state index in [0.29, 0.717) is 44.0 Å². The Morgan fingerprint density at radius 2 is 1.77 bits per heavy atom. The van der Waals surface area contributed by atoms with Gasteiger partial charge in [0.05, 0.1) is 12.1 Å². The van der Waals surface area contributed by atoms with Gasteiger partial charge in [0.2, 0.25) is 5.89 Å². The summed E-state index contributed by atoms with van der Waals surface area (Å²) in [6, 6.07) is 21.5. The maximum atomic E-state index is 12.9. The number of benzene rings is 4. The highest BCUT2D eigenvalue weighted by molar-refractivity contribution is 7.80. The minimum atomic E-state index is -0.337. The lowest BCUT2D eigenvalue weighted by molar-refractivity contribution is 0.0979. The van der Waals surface area contributed by atoms with Crippen molar-refractivity contribution in [2.75, 3.05) is 12.4 Å². The molecular formula is C26H17Cl2N3O3S. The summed E-state index contributed by atoms with van der Waals surface area (Å²) in [5, 5.41) is 8.48. The predicted molar refractivity (Wildman–Crippen MR) is 144 cm³/mol. The lowest BCUT2D eigenvalue weighted by atomic mass is 10.0. The summed E-state index contributed by atoms with van der Waals surface area (Å²) in [5.41, 5.74) is 3.06. The van der Waals surface area contributed by atoms with Crippen molar-refractivity contribution in [1.29, 1.82) is 0 Å². The molecule has 0 spiro atoms. The molecule has 0 unspecified atom stereocenters. The molecule has 0 radical (unpaired) electrons. The van der Waals surface area contributed by atoms with E-state index in [4.69, 9.17) is 44.6 Å². The molecule has 5 aromatic rings. The second-order valence-corrected chi connectivity index (χ2v) is 8.82. The standard InChI is InChI=1S/C26H17Cl2N3O3S/c1-33-22-10-8-14(12-20(22)28)25-30-21-13-15(9-11-23(21)34-25)29-26(35)31-24(32)18-6-2-5-17-16(18)4-3-7-19(17)27/h2-13H,1H3,(H2,29,31,32,35). The Bertz CT molecular complexity index is 1620. The number of aromatic nitrogens is 1. The van der Waals surface area contributed by atoms with Gasteiger partial charge in [-0.15, -0.1) is 0 Å². The molecule has 5 rings (SSSR count). The molecule has 0 aliphatic rings. The second-order valence-electron chi connectivity index (χ2n) is 7.60. The Hall–Kier alpha value is -3.65. The van der Waals surface area contributed by atoms with E-state index < -0.39 is 0 Å².